The Bertz CT molecular complexity index is 546. The molecule has 0 saturated heterocycles. The van der Waals surface area contributed by atoms with Gasteiger partial charge in [-0.25, -0.2) is 19.2 Å². The quantitative estimate of drug-likeness (QED) is 0.346. The zero-order valence-corrected chi connectivity index (χ0v) is 16.9. The molecule has 9 heteroatoms. The van der Waals surface area contributed by atoms with Crippen molar-refractivity contribution >= 4 is 23.9 Å². The monoisotopic (exact) mass is 402 g/mol. The molecule has 0 bridgehead atoms. The largest absolute Gasteiger partial charge is 0.478 e. The predicted octanol–water partition coefficient (Wildman–Crippen LogP) is 2.47. The number of aliphatic carboxylic acids is 2. The summed E-state index contributed by atoms with van der Waals surface area (Å²) in [5.41, 5.74) is 0.565. The van der Waals surface area contributed by atoms with E-state index in [1.165, 1.54) is 13.8 Å². The van der Waals surface area contributed by atoms with Gasteiger partial charge in [-0.05, 0) is 34.6 Å². The Morgan fingerprint density at radius 2 is 1.39 bits per heavy atom. The fraction of sp³-hybridized carbons (Fsp3) is 0.368. The van der Waals surface area contributed by atoms with E-state index in [9.17, 15) is 19.2 Å². The van der Waals surface area contributed by atoms with Crippen molar-refractivity contribution in [2.24, 2.45) is 0 Å². The van der Waals surface area contributed by atoms with Gasteiger partial charge in [-0.15, -0.1) is 0 Å². The summed E-state index contributed by atoms with van der Waals surface area (Å²) in [5, 5.41) is 24.4. The SMILES string of the molecule is C/C=C(\C)C(=O)O.C=C(C)C(=O)O.C=CC(=O)OC(C)O.C=CC(=O)OCC. The second kappa shape index (κ2) is 21.8. The van der Waals surface area contributed by atoms with Gasteiger partial charge in [0.25, 0.3) is 0 Å². The molecule has 0 spiro atoms. The molecule has 0 saturated carbocycles. The zero-order valence-electron chi connectivity index (χ0n) is 16.9. The summed E-state index contributed by atoms with van der Waals surface area (Å²) in [6, 6.07) is 0. The number of carboxylic acid groups (broad SMARTS) is 2. The van der Waals surface area contributed by atoms with Crippen LogP contribution in [0.1, 0.15) is 34.6 Å². The molecule has 0 aromatic heterocycles. The summed E-state index contributed by atoms with van der Waals surface area (Å²) in [7, 11) is 0. The van der Waals surface area contributed by atoms with E-state index in [4.69, 9.17) is 15.3 Å². The van der Waals surface area contributed by atoms with Crippen LogP contribution < -0.4 is 0 Å². The molecular weight excluding hydrogens is 372 g/mol. The van der Waals surface area contributed by atoms with Gasteiger partial charge in [-0.1, -0.05) is 25.8 Å². The molecule has 0 aliphatic carbocycles. The molecule has 0 aromatic carbocycles. The maximum absolute atomic E-state index is 10.1. The van der Waals surface area contributed by atoms with Gasteiger partial charge in [-0.3, -0.25) is 0 Å². The average molecular weight is 402 g/mol. The Labute approximate surface area is 165 Å². The van der Waals surface area contributed by atoms with Crippen LogP contribution >= 0.6 is 0 Å². The van der Waals surface area contributed by atoms with Crippen LogP contribution in [0, 0.1) is 0 Å². The third kappa shape index (κ3) is 34.2. The average Bonchev–Trinajstić information content (AvgIpc) is 2.61. The molecule has 0 fully saturated rings. The molecule has 1 atom stereocenters. The van der Waals surface area contributed by atoms with Crippen molar-refractivity contribution in [3.05, 3.63) is 49.1 Å². The first-order valence-corrected chi connectivity index (χ1v) is 7.85. The van der Waals surface area contributed by atoms with E-state index in [1.807, 2.05) is 0 Å². The lowest BCUT2D eigenvalue weighted by molar-refractivity contribution is -0.158. The highest BCUT2D eigenvalue weighted by atomic mass is 16.6. The van der Waals surface area contributed by atoms with E-state index < -0.39 is 24.2 Å². The van der Waals surface area contributed by atoms with Crippen molar-refractivity contribution in [2.75, 3.05) is 6.61 Å². The second-order valence-corrected chi connectivity index (χ2v) is 4.56. The summed E-state index contributed by atoms with van der Waals surface area (Å²) < 4.78 is 8.63. The van der Waals surface area contributed by atoms with Crippen LogP contribution in [0.2, 0.25) is 0 Å². The topological polar surface area (TPSA) is 147 Å². The molecular formula is C19H30O9. The van der Waals surface area contributed by atoms with Gasteiger partial charge in [-0.2, -0.15) is 0 Å². The molecule has 1 unspecified atom stereocenters. The second-order valence-electron chi connectivity index (χ2n) is 4.56. The highest BCUT2D eigenvalue weighted by Gasteiger charge is 1.98. The Morgan fingerprint density at radius 1 is 1.00 bits per heavy atom. The van der Waals surface area contributed by atoms with Gasteiger partial charge in [0, 0.05) is 23.3 Å². The number of aliphatic hydroxyl groups is 1. The van der Waals surface area contributed by atoms with E-state index >= 15 is 0 Å². The first kappa shape index (κ1) is 32.5. The Morgan fingerprint density at radius 3 is 1.46 bits per heavy atom. The number of carbonyl (C=O) groups excluding carboxylic acids is 2. The van der Waals surface area contributed by atoms with Crippen molar-refractivity contribution in [3.8, 4) is 0 Å². The van der Waals surface area contributed by atoms with Crippen LogP contribution in [0.4, 0.5) is 0 Å². The maximum atomic E-state index is 10.1. The van der Waals surface area contributed by atoms with Crippen LogP contribution in [0.25, 0.3) is 0 Å². The number of aliphatic hydroxyl groups excluding tert-OH is 1. The number of esters is 2. The van der Waals surface area contributed by atoms with Crippen molar-refractivity contribution in [1.29, 1.82) is 0 Å². The van der Waals surface area contributed by atoms with Crippen molar-refractivity contribution < 1.29 is 44.0 Å². The summed E-state index contributed by atoms with van der Waals surface area (Å²) >= 11 is 0. The summed E-state index contributed by atoms with van der Waals surface area (Å²) in [5.74, 6) is -2.75. The molecule has 0 amide bonds. The van der Waals surface area contributed by atoms with E-state index in [1.54, 1.807) is 26.8 Å². The Hall–Kier alpha value is -3.20. The Kier molecular flexibility index (Phi) is 25.3. The van der Waals surface area contributed by atoms with Gasteiger partial charge >= 0.3 is 23.9 Å². The van der Waals surface area contributed by atoms with E-state index in [2.05, 4.69) is 29.2 Å². The fourth-order valence-electron chi connectivity index (χ4n) is 0.541. The van der Waals surface area contributed by atoms with E-state index in [-0.39, 0.29) is 11.5 Å². The highest BCUT2D eigenvalue weighted by molar-refractivity contribution is 5.85. The zero-order chi connectivity index (χ0) is 23.3. The molecule has 3 N–H and O–H groups in total. The van der Waals surface area contributed by atoms with E-state index in [0.717, 1.165) is 12.2 Å². The van der Waals surface area contributed by atoms with Gasteiger partial charge in [0.05, 0.1) is 6.61 Å². The van der Waals surface area contributed by atoms with Crippen molar-refractivity contribution in [2.45, 2.75) is 40.9 Å². The van der Waals surface area contributed by atoms with E-state index in [0.29, 0.717) is 12.2 Å². The van der Waals surface area contributed by atoms with Gasteiger partial charge in [0.15, 0.2) is 6.29 Å². The number of ether oxygens (including phenoxy) is 2. The van der Waals surface area contributed by atoms with Gasteiger partial charge < -0.3 is 24.8 Å². The number of carboxylic acids is 2. The third-order valence-electron chi connectivity index (χ3n) is 2.04. The molecule has 0 aliphatic heterocycles. The molecule has 9 nitrogen and oxygen atoms in total. The lowest BCUT2D eigenvalue weighted by Gasteiger charge is -2.01. The highest BCUT2D eigenvalue weighted by Crippen LogP contribution is 1.88. The first-order valence-electron chi connectivity index (χ1n) is 7.85. The number of hydrogen-bond donors (Lipinski definition) is 3. The smallest absolute Gasteiger partial charge is 0.332 e. The van der Waals surface area contributed by atoms with Crippen molar-refractivity contribution in [1.82, 2.24) is 0 Å². The first-order chi connectivity index (χ1) is 12.8. The lowest BCUT2D eigenvalue weighted by atomic mass is 10.3. The maximum Gasteiger partial charge on any atom is 0.332 e. The van der Waals surface area contributed by atoms with Gasteiger partial charge in [0.1, 0.15) is 0 Å². The Balaban J connectivity index is -0.000000138. The molecule has 28 heavy (non-hydrogen) atoms. The minimum Gasteiger partial charge on any atom is -0.478 e. The van der Waals surface area contributed by atoms with Crippen molar-refractivity contribution in [3.63, 3.8) is 0 Å². The standard InChI is InChI=1S/C5H8O3.2C5H8O2.C4H6O2/c1-3-5(7)8-4(2)6;1-3-5(6)7-4-2;1-3-4(2)5(6)7;1-3(2)4(5)6/h3-4,6H,1H2,2H3;3H,1,4H2,2H3;3H,1-2H3,(H,6,7);1H2,2H3,(H,5,6)/b;;4-3+;. The minimum absolute atomic E-state index is 0.176. The fourth-order valence-corrected chi connectivity index (χ4v) is 0.541. The summed E-state index contributed by atoms with van der Waals surface area (Å²) in [4.78, 5) is 39.7. The number of allylic oxidation sites excluding steroid dienone is 1. The molecule has 160 valence electrons. The lowest BCUT2D eigenvalue weighted by Crippen LogP contribution is -2.10. The number of rotatable bonds is 6. The number of carbonyl (C=O) groups is 4. The number of hydrogen-bond acceptors (Lipinski definition) is 7. The summed E-state index contributed by atoms with van der Waals surface area (Å²) in [6.45, 7) is 17.7. The molecule has 0 aliphatic rings. The minimum atomic E-state index is -1.04. The van der Waals surface area contributed by atoms with Gasteiger partial charge in [0.2, 0.25) is 0 Å². The van der Waals surface area contributed by atoms with Crippen LogP contribution in [0.15, 0.2) is 49.1 Å². The molecule has 0 aromatic rings. The normalized spacial score (nSPS) is 9.86. The van der Waals surface area contributed by atoms with Crippen LogP contribution in [-0.2, 0) is 28.7 Å². The van der Waals surface area contributed by atoms with Crippen LogP contribution in [0.5, 0.6) is 0 Å². The predicted molar refractivity (Wildman–Crippen MR) is 104 cm³/mol. The molecule has 0 heterocycles. The van der Waals surface area contributed by atoms with Crippen LogP contribution in [0.3, 0.4) is 0 Å². The third-order valence-corrected chi connectivity index (χ3v) is 2.04. The van der Waals surface area contributed by atoms with Crippen LogP contribution in [-0.4, -0.2) is 52.1 Å². The molecule has 0 rings (SSSR count). The summed E-state index contributed by atoms with van der Waals surface area (Å²) in [6.07, 6.45) is 2.65. The molecule has 0 radical (unpaired) electrons.